The van der Waals surface area contributed by atoms with Gasteiger partial charge >= 0.3 is 0 Å². The Labute approximate surface area is 164 Å². The van der Waals surface area contributed by atoms with Gasteiger partial charge < -0.3 is 15.0 Å². The first-order valence-corrected chi connectivity index (χ1v) is 9.47. The number of halogens is 1. The highest BCUT2D eigenvalue weighted by Gasteiger charge is 2.20. The molecule has 0 radical (unpaired) electrons. The van der Waals surface area contributed by atoms with Gasteiger partial charge in [0.05, 0.1) is 23.0 Å². The molecular formula is C21H22ClN3O2. The van der Waals surface area contributed by atoms with Gasteiger partial charge in [-0.05, 0) is 68.7 Å². The average molecular weight is 384 g/mol. The van der Waals surface area contributed by atoms with E-state index in [2.05, 4.69) is 16.3 Å². The van der Waals surface area contributed by atoms with Crippen LogP contribution in [0.15, 0.2) is 42.5 Å². The summed E-state index contributed by atoms with van der Waals surface area (Å²) in [7, 11) is 0. The van der Waals surface area contributed by atoms with E-state index < -0.39 is 6.10 Å². The van der Waals surface area contributed by atoms with Crippen LogP contribution < -0.4 is 15.0 Å². The maximum atomic E-state index is 12.6. The molecule has 1 aliphatic rings. The van der Waals surface area contributed by atoms with Crippen LogP contribution in [0.2, 0.25) is 5.02 Å². The molecule has 0 aliphatic carbocycles. The minimum atomic E-state index is -0.689. The normalized spacial score (nSPS) is 14.9. The van der Waals surface area contributed by atoms with Gasteiger partial charge in [-0.2, -0.15) is 5.26 Å². The summed E-state index contributed by atoms with van der Waals surface area (Å²) in [6, 6.07) is 14.3. The summed E-state index contributed by atoms with van der Waals surface area (Å²) < 4.78 is 5.70. The van der Waals surface area contributed by atoms with Gasteiger partial charge in [0, 0.05) is 18.1 Å². The molecule has 1 atom stereocenters. The molecule has 3 rings (SSSR count). The van der Waals surface area contributed by atoms with Crippen LogP contribution in [-0.4, -0.2) is 25.1 Å². The lowest BCUT2D eigenvalue weighted by Crippen LogP contribution is -2.33. The molecule has 1 fully saturated rings. The fourth-order valence-corrected chi connectivity index (χ4v) is 3.29. The summed E-state index contributed by atoms with van der Waals surface area (Å²) in [6.45, 7) is 3.64. The number of nitrogens with zero attached hydrogens (tertiary/aromatic N) is 2. The second-order valence-electron chi connectivity index (χ2n) is 6.59. The monoisotopic (exact) mass is 383 g/mol. The van der Waals surface area contributed by atoms with Crippen molar-refractivity contribution in [3.8, 4) is 11.8 Å². The number of nitriles is 1. The second kappa shape index (κ2) is 8.79. The maximum absolute atomic E-state index is 12.6. The van der Waals surface area contributed by atoms with E-state index in [1.54, 1.807) is 37.3 Å². The van der Waals surface area contributed by atoms with Crippen LogP contribution in [0.3, 0.4) is 0 Å². The van der Waals surface area contributed by atoms with Gasteiger partial charge in [-0.3, -0.25) is 4.79 Å². The molecule has 0 spiro atoms. The second-order valence-corrected chi connectivity index (χ2v) is 7.03. The Bertz CT molecular complexity index is 839. The highest BCUT2D eigenvalue weighted by atomic mass is 35.5. The predicted octanol–water partition coefficient (Wildman–Crippen LogP) is 4.61. The smallest absolute Gasteiger partial charge is 0.265 e. The zero-order chi connectivity index (χ0) is 19.2. The van der Waals surface area contributed by atoms with E-state index in [-0.39, 0.29) is 5.91 Å². The van der Waals surface area contributed by atoms with Crippen molar-refractivity contribution in [3.05, 3.63) is 53.1 Å². The lowest BCUT2D eigenvalue weighted by Gasteiger charge is -2.31. The Morgan fingerprint density at radius 3 is 2.56 bits per heavy atom. The van der Waals surface area contributed by atoms with Crippen molar-refractivity contribution in [1.82, 2.24) is 0 Å². The van der Waals surface area contributed by atoms with Crippen molar-refractivity contribution in [2.45, 2.75) is 32.3 Å². The van der Waals surface area contributed by atoms with Crippen LogP contribution >= 0.6 is 11.6 Å². The SMILES string of the molecule is C[C@@H](Oc1ccc(C#N)cc1)C(=O)Nc1cc(Cl)ccc1N1CCCCC1. The topological polar surface area (TPSA) is 65.4 Å². The molecule has 0 unspecified atom stereocenters. The third-order valence-electron chi connectivity index (χ3n) is 4.58. The van der Waals surface area contributed by atoms with Crippen LogP contribution in [0.4, 0.5) is 11.4 Å². The van der Waals surface area contributed by atoms with Crippen molar-refractivity contribution < 1.29 is 9.53 Å². The minimum absolute atomic E-state index is 0.250. The Kier molecular flexibility index (Phi) is 6.20. The number of ether oxygens (including phenoxy) is 1. The standard InChI is InChI=1S/C21H22ClN3O2/c1-15(27-18-8-5-16(14-23)6-9-18)21(26)24-19-13-17(22)7-10-20(19)25-11-3-2-4-12-25/h5-10,13,15H,2-4,11-12H2,1H3,(H,24,26)/t15-/m1/s1. The van der Waals surface area contributed by atoms with E-state index in [1.807, 2.05) is 12.1 Å². The summed E-state index contributed by atoms with van der Waals surface area (Å²) in [4.78, 5) is 14.9. The highest BCUT2D eigenvalue weighted by Crippen LogP contribution is 2.31. The maximum Gasteiger partial charge on any atom is 0.265 e. The van der Waals surface area contributed by atoms with E-state index in [0.717, 1.165) is 31.6 Å². The van der Waals surface area contributed by atoms with Crippen molar-refractivity contribution in [2.75, 3.05) is 23.3 Å². The number of carbonyl (C=O) groups excluding carboxylic acids is 1. The van der Waals surface area contributed by atoms with Gasteiger partial charge in [0.25, 0.3) is 5.91 Å². The molecule has 5 nitrogen and oxygen atoms in total. The summed E-state index contributed by atoms with van der Waals surface area (Å²) >= 11 is 6.15. The Hall–Kier alpha value is -2.71. The van der Waals surface area contributed by atoms with Gasteiger partial charge in [0.15, 0.2) is 6.10 Å². The number of amides is 1. The molecule has 2 aromatic rings. The predicted molar refractivity (Wildman–Crippen MR) is 107 cm³/mol. The van der Waals surface area contributed by atoms with Crippen LogP contribution in [0.1, 0.15) is 31.7 Å². The molecule has 1 amide bonds. The zero-order valence-corrected chi connectivity index (χ0v) is 16.0. The van der Waals surface area contributed by atoms with E-state index >= 15 is 0 Å². The van der Waals surface area contributed by atoms with E-state index in [0.29, 0.717) is 22.0 Å². The third kappa shape index (κ3) is 4.93. The third-order valence-corrected chi connectivity index (χ3v) is 4.81. The van der Waals surface area contributed by atoms with Gasteiger partial charge in [0.1, 0.15) is 5.75 Å². The Balaban J connectivity index is 1.70. The van der Waals surface area contributed by atoms with Crippen LogP contribution in [0.25, 0.3) is 0 Å². The number of anilines is 2. The number of hydrogen-bond donors (Lipinski definition) is 1. The largest absolute Gasteiger partial charge is 0.481 e. The molecule has 0 saturated carbocycles. The van der Waals surface area contributed by atoms with E-state index in [9.17, 15) is 4.79 Å². The number of nitrogens with one attached hydrogen (secondary N) is 1. The summed E-state index contributed by atoms with van der Waals surface area (Å²) in [5, 5.41) is 12.4. The van der Waals surface area contributed by atoms with Crippen molar-refractivity contribution in [1.29, 1.82) is 5.26 Å². The molecule has 1 heterocycles. The van der Waals surface area contributed by atoms with Crippen molar-refractivity contribution >= 4 is 28.9 Å². The highest BCUT2D eigenvalue weighted by molar-refractivity contribution is 6.31. The summed E-state index contributed by atoms with van der Waals surface area (Å²) in [5.74, 6) is 0.291. The van der Waals surface area contributed by atoms with Gasteiger partial charge in [-0.15, -0.1) is 0 Å². The fraction of sp³-hybridized carbons (Fsp3) is 0.333. The average Bonchev–Trinajstić information content (AvgIpc) is 2.69. The lowest BCUT2D eigenvalue weighted by molar-refractivity contribution is -0.122. The minimum Gasteiger partial charge on any atom is -0.481 e. The molecule has 1 saturated heterocycles. The Morgan fingerprint density at radius 1 is 1.19 bits per heavy atom. The van der Waals surface area contributed by atoms with Crippen molar-refractivity contribution in [2.24, 2.45) is 0 Å². The molecule has 0 bridgehead atoms. The molecule has 27 heavy (non-hydrogen) atoms. The molecule has 2 aromatic carbocycles. The van der Waals surface area contributed by atoms with Gasteiger partial charge in [-0.25, -0.2) is 0 Å². The number of benzene rings is 2. The number of rotatable bonds is 5. The zero-order valence-electron chi connectivity index (χ0n) is 15.2. The first-order chi connectivity index (χ1) is 13.1. The number of piperidine rings is 1. The van der Waals surface area contributed by atoms with Gasteiger partial charge in [0.2, 0.25) is 0 Å². The quantitative estimate of drug-likeness (QED) is 0.818. The van der Waals surface area contributed by atoms with Crippen LogP contribution in [0, 0.1) is 11.3 Å². The molecular weight excluding hydrogens is 362 g/mol. The van der Waals surface area contributed by atoms with E-state index in [1.165, 1.54) is 6.42 Å². The number of carbonyl (C=O) groups is 1. The molecule has 6 heteroatoms. The summed E-state index contributed by atoms with van der Waals surface area (Å²) in [5.41, 5.74) is 2.23. The van der Waals surface area contributed by atoms with Crippen molar-refractivity contribution in [3.63, 3.8) is 0 Å². The first kappa shape index (κ1) is 19.1. The van der Waals surface area contributed by atoms with E-state index in [4.69, 9.17) is 21.6 Å². The van der Waals surface area contributed by atoms with Gasteiger partial charge in [-0.1, -0.05) is 11.6 Å². The Morgan fingerprint density at radius 2 is 1.89 bits per heavy atom. The van der Waals surface area contributed by atoms with Crippen LogP contribution in [-0.2, 0) is 4.79 Å². The number of hydrogen-bond acceptors (Lipinski definition) is 4. The summed E-state index contributed by atoms with van der Waals surface area (Å²) in [6.07, 6.45) is 2.84. The molecule has 140 valence electrons. The fourth-order valence-electron chi connectivity index (χ4n) is 3.12. The lowest BCUT2D eigenvalue weighted by atomic mass is 10.1. The molecule has 1 N–H and O–H groups in total. The van der Waals surface area contributed by atoms with Crippen LogP contribution in [0.5, 0.6) is 5.75 Å². The molecule has 0 aromatic heterocycles. The first-order valence-electron chi connectivity index (χ1n) is 9.09. The molecule has 1 aliphatic heterocycles.